The molecule has 93 heavy (non-hydrogen) atoms. The van der Waals surface area contributed by atoms with E-state index in [0.717, 1.165) is 0 Å². The molecule has 10 aromatic rings. The first-order valence-electron chi connectivity index (χ1n) is 24.1. The van der Waals surface area contributed by atoms with Crippen molar-refractivity contribution in [3.8, 4) is 11.1 Å². The van der Waals surface area contributed by atoms with Crippen LogP contribution in [0.3, 0.4) is 0 Å². The second kappa shape index (κ2) is 24.3. The van der Waals surface area contributed by atoms with Gasteiger partial charge < -0.3 is 5.32 Å². The zero-order valence-electron chi connectivity index (χ0n) is 43.6. The minimum Gasteiger partial charge on any atom is -0.349 e. The highest BCUT2D eigenvalue weighted by molar-refractivity contribution is 7.23. The summed E-state index contributed by atoms with van der Waals surface area (Å²) in [6, 6.07) is 0.665. The van der Waals surface area contributed by atoms with Crippen LogP contribution in [0.2, 0.25) is 0 Å². The lowest BCUT2D eigenvalue weighted by Gasteiger charge is -2.47. The molecule has 0 radical (unpaired) electrons. The van der Waals surface area contributed by atoms with Crippen LogP contribution >= 0.6 is 0 Å². The zero-order chi connectivity index (χ0) is 70.2. The van der Waals surface area contributed by atoms with Crippen molar-refractivity contribution >= 4 is 71.1 Å². The van der Waals surface area contributed by atoms with Gasteiger partial charge in [0.15, 0.2) is 180 Å². The first-order valence-corrected chi connectivity index (χ1v) is 24.1. The minimum absolute atomic E-state index is 0.297. The second-order valence-electron chi connectivity index (χ2n) is 18.8. The summed E-state index contributed by atoms with van der Waals surface area (Å²) < 4.78 is 551. The van der Waals surface area contributed by atoms with E-state index in [2.05, 4.69) is 19.3 Å². The van der Waals surface area contributed by atoms with Crippen LogP contribution in [0.5, 0.6) is 0 Å². The maximum Gasteiger partial charge on any atom is 0.200 e. The number of fused-ring (bicyclic) bond motifs is 4. The highest BCUT2D eigenvalue weighted by Crippen LogP contribution is 2.43. The smallest absolute Gasteiger partial charge is 0.200 e. The molecule has 0 aromatic heterocycles. The molecule has 0 spiro atoms. The Morgan fingerprint density at radius 3 is 0.591 bits per heavy atom. The van der Waals surface area contributed by atoms with E-state index in [1.807, 2.05) is 0 Å². The molecule has 0 bridgehead atoms. The lowest BCUT2D eigenvalue weighted by atomic mass is 9.11. The first-order chi connectivity index (χ1) is 43.2. The van der Waals surface area contributed by atoms with Crippen molar-refractivity contribution in [1.29, 1.82) is 0 Å². The van der Waals surface area contributed by atoms with E-state index < -0.39 is 292 Å². The van der Waals surface area contributed by atoms with Crippen molar-refractivity contribution in [2.75, 3.05) is 13.6 Å². The van der Waals surface area contributed by atoms with Gasteiger partial charge in [0.1, 0.15) is 29.4 Å². The van der Waals surface area contributed by atoms with Crippen molar-refractivity contribution in [2.45, 2.75) is 6.92 Å². The Hall–Kier alpha value is -9.26. The van der Waals surface area contributed by atoms with E-state index in [4.69, 9.17) is 0 Å². The fourth-order valence-electron chi connectivity index (χ4n) is 10.2. The summed E-state index contributed by atoms with van der Waals surface area (Å²) in [6.07, 6.45) is -8.05. The van der Waals surface area contributed by atoms with Crippen LogP contribution in [0, 0.1) is 209 Å². The largest absolute Gasteiger partial charge is 0.349 e. The van der Waals surface area contributed by atoms with Crippen molar-refractivity contribution in [3.63, 3.8) is 0 Å². The van der Waals surface area contributed by atoms with Gasteiger partial charge in [0.05, 0.1) is 40.7 Å². The Labute approximate surface area is 487 Å². The molecule has 492 valence electrons. The predicted molar refractivity (Wildman–Crippen MR) is 249 cm³/mol. The number of benzene rings is 10. The van der Waals surface area contributed by atoms with Crippen molar-refractivity contribution in [1.82, 2.24) is 0 Å². The van der Waals surface area contributed by atoms with Crippen LogP contribution in [-0.4, -0.2) is 19.7 Å². The normalized spacial score (nSPS) is 11.8. The number of nitrogens with two attached hydrogens (primary N) is 1. The zero-order valence-corrected chi connectivity index (χ0v) is 43.6. The van der Waals surface area contributed by atoms with Crippen LogP contribution in [0.4, 0.5) is 158 Å². The van der Waals surface area contributed by atoms with E-state index in [9.17, 15) is 52.7 Å². The summed E-state index contributed by atoms with van der Waals surface area (Å²) in [5.41, 5.74) is -18.4. The third-order valence-electron chi connectivity index (χ3n) is 14.2. The average Bonchev–Trinajstić information content (AvgIpc) is 0.663. The SMILES string of the molecule is CC[NH2+]C.Fc1c(F)c(F)c2c([B-](c3c(F)c(F)c(F)c4c(F)c(F)c(F)c(F)c34)(c3c(F)c(F)c(F)c4c(F)c(F)c(F)c(F)c34)c3c(F)c(F)c(F)c4c(F)c(F)c(F)c(F)c34)c(F)c(F)c(F)c2c1F.Fc1ccc(-c2c(F)c(F)c(F)c(F)c2F)c(F)c1F. The highest BCUT2D eigenvalue weighted by Gasteiger charge is 2.52. The van der Waals surface area contributed by atoms with Crippen molar-refractivity contribution < 1.29 is 163 Å². The van der Waals surface area contributed by atoms with Gasteiger partial charge in [-0.1, -0.05) is 0 Å². The Morgan fingerprint density at radius 1 is 0.215 bits per heavy atom. The molecule has 0 aliphatic carbocycles. The van der Waals surface area contributed by atoms with Crippen LogP contribution in [0.25, 0.3) is 54.2 Å². The van der Waals surface area contributed by atoms with Gasteiger partial charge in [-0.05, 0) is 40.6 Å². The van der Waals surface area contributed by atoms with Gasteiger partial charge in [0.2, 0.25) is 5.82 Å². The lowest BCUT2D eigenvalue weighted by molar-refractivity contribution is -0.623. The summed E-state index contributed by atoms with van der Waals surface area (Å²) in [5, 5.41) is -24.9. The Morgan fingerprint density at radius 2 is 0.387 bits per heavy atom. The van der Waals surface area contributed by atoms with Crippen LogP contribution < -0.4 is 27.2 Å². The number of halogens is 36. The van der Waals surface area contributed by atoms with Gasteiger partial charge in [-0.15, -0.1) is 21.9 Å². The summed E-state index contributed by atoms with van der Waals surface area (Å²) in [4.78, 5) is 0. The fourth-order valence-corrected chi connectivity index (χ4v) is 10.2. The molecule has 0 saturated carbocycles. The van der Waals surface area contributed by atoms with Gasteiger partial charge in [0, 0.05) is 5.56 Å². The van der Waals surface area contributed by atoms with Crippen LogP contribution in [0.1, 0.15) is 6.92 Å². The quantitative estimate of drug-likeness (QED) is 0.0740. The Kier molecular flexibility index (Phi) is 18.2. The molecule has 0 amide bonds. The molecular formula is C55H12BF36N. The third kappa shape index (κ3) is 9.63. The summed E-state index contributed by atoms with van der Waals surface area (Å²) in [5.74, 6) is -122. The molecule has 0 heterocycles. The van der Waals surface area contributed by atoms with E-state index in [-0.39, 0.29) is 0 Å². The van der Waals surface area contributed by atoms with Crippen molar-refractivity contribution in [3.05, 3.63) is 222 Å². The van der Waals surface area contributed by atoms with Gasteiger partial charge in [0.25, 0.3) is 0 Å². The third-order valence-corrected chi connectivity index (χ3v) is 14.2. The first kappa shape index (κ1) is 69.6. The topological polar surface area (TPSA) is 16.6 Å². The van der Waals surface area contributed by atoms with E-state index >= 15 is 105 Å². The molecule has 0 unspecified atom stereocenters. The Bertz CT molecular complexity index is 4420. The van der Waals surface area contributed by atoms with E-state index in [1.54, 1.807) is 0 Å². The molecule has 0 saturated heterocycles. The molecule has 38 heteroatoms. The summed E-state index contributed by atoms with van der Waals surface area (Å²) in [7, 11) is 2.06. The molecule has 10 aromatic carbocycles. The van der Waals surface area contributed by atoms with E-state index in [0.29, 0.717) is 12.1 Å². The molecule has 0 atom stereocenters. The fraction of sp³-hybridized carbons (Fsp3) is 0.0545. The maximum atomic E-state index is 17.3. The monoisotopic (exact) mass is 1380 g/mol. The molecule has 10 rings (SSSR count). The number of quaternary nitrogens is 1. The Balaban J connectivity index is 0.000000388. The highest BCUT2D eigenvalue weighted by atomic mass is 19.2. The molecule has 0 fully saturated rings. The molecule has 0 aliphatic heterocycles. The lowest BCUT2D eigenvalue weighted by Crippen LogP contribution is -2.79. The molecule has 0 aliphatic rings. The second-order valence-corrected chi connectivity index (χ2v) is 18.8. The molecular weight excluding hydrogens is 1370 g/mol. The average molecular weight is 1380 g/mol. The number of rotatable bonds is 6. The maximum absolute atomic E-state index is 17.3. The molecule has 2 N–H and O–H groups in total. The van der Waals surface area contributed by atoms with Gasteiger partial charge >= 0.3 is 0 Å². The predicted octanol–water partition coefficient (Wildman–Crippen LogP) is 15.2. The van der Waals surface area contributed by atoms with E-state index in [1.165, 1.54) is 6.54 Å². The number of hydrogen-bond acceptors (Lipinski definition) is 0. The standard InChI is InChI=1S/C40BF28.C12H2F8.C3H9N/c42-13-1-5(21(50)37(66)33(13)62)17(46)29(58)25(54)9(1)41(10-2-6(18(47)30(59)26(10)55)22(51)38(67)34(63)14(2)43,11-3-7(19(48)31(60)27(11)56)23(52)39(68)35(64)15(3)44)12-4-8(20(49)32(61)28(12)57)24(53)40(69)36(65)16(4)45;13-4-2-1-3(6(14)7(4)15)5-8(16)10(18)12(20)11(19)9(5)17;1-3-4-2/h;1-2H;4H,3H2,1-2H3/q-1;;/p+1. The van der Waals surface area contributed by atoms with Gasteiger partial charge in [-0.3, -0.25) is 0 Å². The van der Waals surface area contributed by atoms with Crippen molar-refractivity contribution in [2.24, 2.45) is 0 Å². The number of hydrogen-bond donors (Lipinski definition) is 1. The minimum atomic E-state index is -8.05. The summed E-state index contributed by atoms with van der Waals surface area (Å²) in [6.45, 7) is 3.32. The van der Waals surface area contributed by atoms with Crippen LogP contribution in [0.15, 0.2) is 12.1 Å². The van der Waals surface area contributed by atoms with Gasteiger partial charge in [-0.2, -0.15) is 0 Å². The summed E-state index contributed by atoms with van der Waals surface area (Å²) >= 11 is 0. The van der Waals surface area contributed by atoms with Crippen LogP contribution in [-0.2, 0) is 0 Å². The molecule has 1 nitrogen and oxygen atoms in total. The van der Waals surface area contributed by atoms with Gasteiger partial charge in [-0.25, -0.2) is 158 Å².